The van der Waals surface area contributed by atoms with Crippen molar-refractivity contribution in [2.24, 2.45) is 0 Å². The van der Waals surface area contributed by atoms with Crippen LogP contribution in [0.3, 0.4) is 0 Å². The topological polar surface area (TPSA) is 38.2 Å². The van der Waals surface area contributed by atoms with Crippen LogP contribution in [0.5, 0.6) is 5.75 Å². The molecule has 0 saturated carbocycles. The molecule has 0 amide bonds. The molecule has 1 aromatic heterocycles. The third kappa shape index (κ3) is 3.78. The first-order chi connectivity index (χ1) is 10.8. The van der Waals surface area contributed by atoms with Crippen molar-refractivity contribution in [1.82, 2.24) is 14.9 Å². The number of benzene rings is 1. The van der Waals surface area contributed by atoms with Crippen molar-refractivity contribution < 1.29 is 4.74 Å². The first kappa shape index (κ1) is 16.9. The van der Waals surface area contributed by atoms with Gasteiger partial charge in [-0.25, -0.2) is 9.97 Å². The molecule has 0 spiro atoms. The summed E-state index contributed by atoms with van der Waals surface area (Å²) in [4.78, 5) is 10.9. The van der Waals surface area contributed by atoms with Crippen LogP contribution in [0.1, 0.15) is 33.6 Å². The van der Waals surface area contributed by atoms with E-state index in [4.69, 9.17) is 16.3 Å². The second-order valence-electron chi connectivity index (χ2n) is 6.93. The first-order valence-corrected chi connectivity index (χ1v) is 9.04. The van der Waals surface area contributed by atoms with Crippen LogP contribution in [-0.2, 0) is 0 Å². The quantitative estimate of drug-likeness (QED) is 0.688. The number of fused-ring (bicyclic) bond motifs is 1. The smallest absolute Gasteiger partial charge is 0.223 e. The van der Waals surface area contributed by atoms with Gasteiger partial charge in [-0.3, -0.25) is 4.90 Å². The summed E-state index contributed by atoms with van der Waals surface area (Å²) >= 11 is 9.53. The molecule has 0 N–H and O–H groups in total. The van der Waals surface area contributed by atoms with E-state index in [9.17, 15) is 0 Å². The molecule has 0 unspecified atom stereocenters. The fraction of sp³-hybridized carbons (Fsp3) is 0.529. The number of piperidine rings is 1. The van der Waals surface area contributed by atoms with Crippen molar-refractivity contribution in [1.29, 1.82) is 0 Å². The molecule has 3 rings (SSSR count). The largest absolute Gasteiger partial charge is 0.487 e. The van der Waals surface area contributed by atoms with Crippen LogP contribution in [0, 0.1) is 0 Å². The van der Waals surface area contributed by atoms with E-state index in [-0.39, 0.29) is 16.9 Å². The molecular formula is C17H21BrClN3O. The maximum absolute atomic E-state index is 6.29. The molecule has 1 aliphatic heterocycles. The molecular weight excluding hydrogens is 378 g/mol. The van der Waals surface area contributed by atoms with E-state index in [1.807, 2.05) is 12.1 Å². The Labute approximate surface area is 150 Å². The van der Waals surface area contributed by atoms with Crippen LogP contribution in [-0.4, -0.2) is 39.6 Å². The number of nitrogens with zero attached hydrogens (tertiary/aromatic N) is 3. The zero-order valence-corrected chi connectivity index (χ0v) is 16.0. The highest BCUT2D eigenvalue weighted by Gasteiger charge is 2.28. The van der Waals surface area contributed by atoms with Crippen LogP contribution in [0.2, 0.25) is 5.28 Å². The van der Waals surface area contributed by atoms with Crippen LogP contribution in [0.15, 0.2) is 22.8 Å². The number of rotatable bonds is 2. The van der Waals surface area contributed by atoms with Gasteiger partial charge < -0.3 is 4.74 Å². The molecule has 2 aromatic rings. The Hall–Kier alpha value is -0.910. The second kappa shape index (κ2) is 6.54. The number of ether oxygens (including phenoxy) is 1. The van der Waals surface area contributed by atoms with Crippen molar-refractivity contribution in [3.8, 4) is 5.75 Å². The van der Waals surface area contributed by atoms with Gasteiger partial charge in [-0.1, -0.05) is 0 Å². The number of likely N-dealkylation sites (tertiary alicyclic amines) is 1. The molecule has 6 heteroatoms. The monoisotopic (exact) mass is 397 g/mol. The van der Waals surface area contributed by atoms with E-state index < -0.39 is 0 Å². The van der Waals surface area contributed by atoms with Gasteiger partial charge in [0.2, 0.25) is 5.28 Å². The Kier molecular flexibility index (Phi) is 4.81. The van der Waals surface area contributed by atoms with Crippen molar-refractivity contribution in [3.63, 3.8) is 0 Å². The van der Waals surface area contributed by atoms with Gasteiger partial charge in [0.05, 0.1) is 4.47 Å². The van der Waals surface area contributed by atoms with E-state index in [0.29, 0.717) is 0 Å². The maximum Gasteiger partial charge on any atom is 0.223 e. The molecule has 23 heavy (non-hydrogen) atoms. The molecule has 1 saturated heterocycles. The van der Waals surface area contributed by atoms with Gasteiger partial charge in [0.1, 0.15) is 11.6 Å². The molecule has 0 aliphatic carbocycles. The SMILES string of the molecule is CC(C)(C)N1CCC(Oc2c(Br)ccc3cnc(Cl)nc23)CC1. The van der Waals surface area contributed by atoms with Gasteiger partial charge in [-0.05, 0) is 73.3 Å². The minimum Gasteiger partial charge on any atom is -0.487 e. The van der Waals surface area contributed by atoms with Crippen molar-refractivity contribution in [3.05, 3.63) is 28.1 Å². The summed E-state index contributed by atoms with van der Waals surface area (Å²) in [5.74, 6) is 0.765. The Morgan fingerprint density at radius 3 is 2.61 bits per heavy atom. The molecule has 0 atom stereocenters. The summed E-state index contributed by atoms with van der Waals surface area (Å²) in [5.41, 5.74) is 0.976. The zero-order valence-electron chi connectivity index (χ0n) is 13.6. The average Bonchev–Trinajstić information content (AvgIpc) is 2.50. The summed E-state index contributed by atoms with van der Waals surface area (Å²) in [6, 6.07) is 3.93. The van der Waals surface area contributed by atoms with Crippen molar-refractivity contribution >= 4 is 38.4 Å². The fourth-order valence-corrected chi connectivity index (χ4v) is 3.50. The lowest BCUT2D eigenvalue weighted by atomic mass is 9.99. The van der Waals surface area contributed by atoms with Gasteiger partial charge >= 0.3 is 0 Å². The van der Waals surface area contributed by atoms with Gasteiger partial charge in [-0.15, -0.1) is 0 Å². The van der Waals surface area contributed by atoms with Gasteiger partial charge in [0.15, 0.2) is 5.75 Å². The lowest BCUT2D eigenvalue weighted by molar-refractivity contribution is 0.0494. The highest BCUT2D eigenvalue weighted by molar-refractivity contribution is 9.10. The molecule has 0 radical (unpaired) electrons. The molecule has 1 fully saturated rings. The summed E-state index contributed by atoms with van der Waals surface area (Å²) in [5, 5.41) is 1.17. The van der Waals surface area contributed by atoms with Crippen molar-refractivity contribution in [2.75, 3.05) is 13.1 Å². The van der Waals surface area contributed by atoms with Crippen molar-refractivity contribution in [2.45, 2.75) is 45.3 Å². The third-order valence-corrected chi connectivity index (χ3v) is 5.11. The van der Waals surface area contributed by atoms with E-state index in [1.165, 1.54) is 0 Å². The summed E-state index contributed by atoms with van der Waals surface area (Å²) < 4.78 is 7.19. The number of halogens is 2. The molecule has 2 heterocycles. The number of hydrogen-bond acceptors (Lipinski definition) is 4. The molecule has 124 valence electrons. The lowest BCUT2D eigenvalue weighted by Gasteiger charge is -2.40. The van der Waals surface area contributed by atoms with Crippen LogP contribution < -0.4 is 4.74 Å². The van der Waals surface area contributed by atoms with Crippen LogP contribution >= 0.6 is 27.5 Å². The summed E-state index contributed by atoms with van der Waals surface area (Å²) in [6.45, 7) is 8.87. The highest BCUT2D eigenvalue weighted by Crippen LogP contribution is 2.35. The highest BCUT2D eigenvalue weighted by atomic mass is 79.9. The van der Waals surface area contributed by atoms with E-state index >= 15 is 0 Å². The Balaban J connectivity index is 1.80. The molecule has 1 aliphatic rings. The maximum atomic E-state index is 6.29. The molecule has 4 nitrogen and oxygen atoms in total. The summed E-state index contributed by atoms with van der Waals surface area (Å²) in [7, 11) is 0. The van der Waals surface area contributed by atoms with Gasteiger partial charge in [0, 0.05) is 30.2 Å². The summed E-state index contributed by atoms with van der Waals surface area (Å²) in [6.07, 6.45) is 3.95. The minimum absolute atomic E-state index is 0.198. The number of hydrogen-bond donors (Lipinski definition) is 0. The van der Waals surface area contributed by atoms with E-state index in [2.05, 4.69) is 51.6 Å². The molecule has 0 bridgehead atoms. The first-order valence-electron chi connectivity index (χ1n) is 7.87. The van der Waals surface area contributed by atoms with E-state index in [1.54, 1.807) is 6.20 Å². The van der Waals surface area contributed by atoms with Crippen LogP contribution in [0.25, 0.3) is 10.9 Å². The predicted octanol–water partition coefficient (Wildman–Crippen LogP) is 4.69. The van der Waals surface area contributed by atoms with Crippen LogP contribution in [0.4, 0.5) is 0 Å². The fourth-order valence-electron chi connectivity index (χ4n) is 2.95. The normalized spacial score (nSPS) is 17.6. The minimum atomic E-state index is 0.198. The van der Waals surface area contributed by atoms with E-state index in [0.717, 1.165) is 47.1 Å². The average molecular weight is 399 g/mol. The third-order valence-electron chi connectivity index (χ3n) is 4.30. The number of aromatic nitrogens is 2. The second-order valence-corrected chi connectivity index (χ2v) is 8.12. The predicted molar refractivity (Wildman–Crippen MR) is 97.2 cm³/mol. The Bertz CT molecular complexity index is 704. The molecule has 1 aromatic carbocycles. The standard InChI is InChI=1S/C17H21BrClN3O/c1-17(2,3)22-8-6-12(7-9-22)23-15-13(18)5-4-11-10-20-16(19)21-14(11)15/h4-5,10,12H,6-9H2,1-3H3. The Morgan fingerprint density at radius 2 is 1.96 bits per heavy atom. The van der Waals surface area contributed by atoms with Gasteiger partial charge in [-0.2, -0.15) is 0 Å². The Morgan fingerprint density at radius 1 is 1.26 bits per heavy atom. The lowest BCUT2D eigenvalue weighted by Crippen LogP contribution is -2.48. The zero-order chi connectivity index (χ0) is 16.6. The van der Waals surface area contributed by atoms with Gasteiger partial charge in [0.25, 0.3) is 0 Å².